The minimum absolute atomic E-state index is 0.0921. The number of aromatic amines is 1. The topological polar surface area (TPSA) is 96.7 Å². The monoisotopic (exact) mass is 481 g/mol. The van der Waals surface area contributed by atoms with E-state index < -0.39 is 4.92 Å². The molecule has 0 spiro atoms. The first kappa shape index (κ1) is 22.8. The maximum atomic E-state index is 11.5. The highest BCUT2D eigenvalue weighted by molar-refractivity contribution is 6.39. The van der Waals surface area contributed by atoms with Crippen LogP contribution < -0.4 is 5.32 Å². The number of H-pyrrole nitrogens is 1. The lowest BCUT2D eigenvalue weighted by Gasteiger charge is -2.10. The van der Waals surface area contributed by atoms with Crippen LogP contribution in [0.2, 0.25) is 10.0 Å². The molecule has 0 atom stereocenters. The molecule has 9 heteroatoms. The van der Waals surface area contributed by atoms with E-state index in [9.17, 15) is 10.1 Å². The van der Waals surface area contributed by atoms with Crippen molar-refractivity contribution in [1.82, 2.24) is 15.0 Å². The first-order valence-electron chi connectivity index (χ1n) is 10.3. The van der Waals surface area contributed by atoms with Crippen LogP contribution in [-0.4, -0.2) is 26.4 Å². The first-order valence-corrected chi connectivity index (χ1v) is 11.1. The van der Waals surface area contributed by atoms with E-state index in [2.05, 4.69) is 15.3 Å². The van der Waals surface area contributed by atoms with Crippen LogP contribution in [0.1, 0.15) is 13.8 Å². The summed E-state index contributed by atoms with van der Waals surface area (Å²) in [5, 5.41) is 15.5. The average Bonchev–Trinajstić information content (AvgIpc) is 3.23. The molecule has 0 aliphatic heterocycles. The van der Waals surface area contributed by atoms with Crippen LogP contribution >= 0.6 is 23.2 Å². The van der Waals surface area contributed by atoms with Crippen molar-refractivity contribution in [3.8, 4) is 34.0 Å². The number of hydrogen-bond acceptors (Lipinski definition) is 5. The maximum absolute atomic E-state index is 11.5. The molecule has 7 nitrogen and oxygen atoms in total. The zero-order chi connectivity index (χ0) is 23.5. The molecule has 0 amide bonds. The van der Waals surface area contributed by atoms with Gasteiger partial charge in [-0.3, -0.25) is 10.1 Å². The molecule has 2 aromatic heterocycles. The van der Waals surface area contributed by atoms with Gasteiger partial charge in [-0.2, -0.15) is 0 Å². The smallest absolute Gasteiger partial charge is 0.311 e. The van der Waals surface area contributed by atoms with Crippen molar-refractivity contribution < 1.29 is 4.92 Å². The minimum atomic E-state index is -0.447. The molecule has 0 bridgehead atoms. The third-order valence-electron chi connectivity index (χ3n) is 4.96. The van der Waals surface area contributed by atoms with Gasteiger partial charge in [0.25, 0.3) is 0 Å². The van der Waals surface area contributed by atoms with E-state index in [-0.39, 0.29) is 17.4 Å². The molecule has 33 heavy (non-hydrogen) atoms. The van der Waals surface area contributed by atoms with E-state index in [0.29, 0.717) is 45.1 Å². The molecule has 4 aromatic rings. The quantitative estimate of drug-likeness (QED) is 0.217. The highest BCUT2D eigenvalue weighted by Crippen LogP contribution is 2.38. The summed E-state index contributed by atoms with van der Waals surface area (Å²) in [5.74, 6) is 0.969. The van der Waals surface area contributed by atoms with E-state index in [1.165, 1.54) is 6.07 Å². The van der Waals surface area contributed by atoms with Gasteiger partial charge in [0.1, 0.15) is 11.5 Å². The number of anilines is 1. The molecule has 0 aliphatic carbocycles. The second-order valence-electron chi connectivity index (χ2n) is 7.87. The molecular weight excluding hydrogens is 461 g/mol. The first-order chi connectivity index (χ1) is 15.8. The second kappa shape index (κ2) is 9.60. The van der Waals surface area contributed by atoms with Gasteiger partial charge >= 0.3 is 5.69 Å². The molecule has 4 rings (SSSR count). The van der Waals surface area contributed by atoms with E-state index >= 15 is 0 Å². The number of aromatic nitrogens is 3. The van der Waals surface area contributed by atoms with Crippen molar-refractivity contribution in [1.29, 1.82) is 0 Å². The Morgan fingerprint density at radius 1 is 1.00 bits per heavy atom. The van der Waals surface area contributed by atoms with Crippen molar-refractivity contribution in [2.75, 3.05) is 11.9 Å². The Morgan fingerprint density at radius 2 is 1.70 bits per heavy atom. The van der Waals surface area contributed by atoms with Gasteiger partial charge in [0, 0.05) is 18.2 Å². The molecule has 2 heterocycles. The molecule has 0 aliphatic rings. The summed E-state index contributed by atoms with van der Waals surface area (Å²) < 4.78 is 0. The number of rotatable bonds is 7. The summed E-state index contributed by atoms with van der Waals surface area (Å²) in [6.45, 7) is 4.58. The zero-order valence-electron chi connectivity index (χ0n) is 18.0. The lowest BCUT2D eigenvalue weighted by atomic mass is 10.1. The van der Waals surface area contributed by atoms with E-state index in [0.717, 1.165) is 5.56 Å². The third-order valence-corrected chi connectivity index (χ3v) is 5.59. The van der Waals surface area contributed by atoms with Gasteiger partial charge in [-0.05, 0) is 24.1 Å². The molecule has 0 saturated heterocycles. The highest BCUT2D eigenvalue weighted by atomic mass is 35.5. The second-order valence-corrected chi connectivity index (χ2v) is 8.68. The van der Waals surface area contributed by atoms with Crippen LogP contribution in [0.15, 0.2) is 60.7 Å². The lowest BCUT2D eigenvalue weighted by molar-refractivity contribution is -0.384. The maximum Gasteiger partial charge on any atom is 0.311 e. The number of nitrogens with one attached hydrogen (secondary N) is 2. The van der Waals surface area contributed by atoms with E-state index in [1.54, 1.807) is 24.3 Å². The van der Waals surface area contributed by atoms with E-state index in [1.807, 2.05) is 44.2 Å². The fourth-order valence-corrected chi connectivity index (χ4v) is 3.95. The SMILES string of the molecule is CC(C)CNc1nc(-c2nc(-c3c(Cl)cccc3Cl)[nH]c2-c2ccccc2)ccc1[N+](=O)[O-]. The van der Waals surface area contributed by atoms with Crippen LogP contribution in [-0.2, 0) is 0 Å². The van der Waals surface area contributed by atoms with Crippen LogP contribution in [0.5, 0.6) is 0 Å². The Hall–Kier alpha value is -3.42. The lowest BCUT2D eigenvalue weighted by Crippen LogP contribution is -2.11. The third kappa shape index (κ3) is 4.84. The summed E-state index contributed by atoms with van der Waals surface area (Å²) in [6.07, 6.45) is 0. The Bertz CT molecular complexity index is 1290. The number of nitro groups is 1. The standard InChI is InChI=1S/C24H21Cl2N5O2/c1-14(2)13-27-23-19(31(32)33)12-11-18(28-23)22-21(15-7-4-3-5-8-15)29-24(30-22)20-16(25)9-6-10-17(20)26/h3-12,14H,13H2,1-2H3,(H,27,28)(H,29,30). The number of pyridine rings is 1. The number of nitrogens with zero attached hydrogens (tertiary/aromatic N) is 3. The summed E-state index contributed by atoms with van der Waals surface area (Å²) in [6, 6.07) is 17.9. The minimum Gasteiger partial charge on any atom is -0.364 e. The Morgan fingerprint density at radius 3 is 2.33 bits per heavy atom. The number of imidazole rings is 1. The van der Waals surface area contributed by atoms with E-state index in [4.69, 9.17) is 28.2 Å². The van der Waals surface area contributed by atoms with Crippen molar-refractivity contribution in [2.45, 2.75) is 13.8 Å². The van der Waals surface area contributed by atoms with Crippen molar-refractivity contribution in [3.63, 3.8) is 0 Å². The Balaban J connectivity index is 1.90. The summed E-state index contributed by atoms with van der Waals surface area (Å²) >= 11 is 12.8. The van der Waals surface area contributed by atoms with Crippen molar-refractivity contribution in [2.24, 2.45) is 5.92 Å². The molecule has 0 unspecified atom stereocenters. The summed E-state index contributed by atoms with van der Waals surface area (Å²) in [7, 11) is 0. The number of halogens is 2. The predicted molar refractivity (Wildman–Crippen MR) is 133 cm³/mol. The van der Waals surface area contributed by atoms with Crippen molar-refractivity contribution in [3.05, 3.63) is 80.8 Å². The van der Waals surface area contributed by atoms with Crippen LogP contribution in [0.4, 0.5) is 11.5 Å². The summed E-state index contributed by atoms with van der Waals surface area (Å²) in [4.78, 5) is 23.8. The molecule has 0 fully saturated rings. The molecule has 168 valence electrons. The Kier molecular flexibility index (Phi) is 6.62. The van der Waals surface area contributed by atoms with Gasteiger partial charge < -0.3 is 10.3 Å². The number of hydrogen-bond donors (Lipinski definition) is 2. The van der Waals surface area contributed by atoms with Gasteiger partial charge in [-0.25, -0.2) is 9.97 Å². The molecular formula is C24H21Cl2N5O2. The van der Waals surface area contributed by atoms with Crippen LogP contribution in [0.3, 0.4) is 0 Å². The molecule has 0 saturated carbocycles. The summed E-state index contributed by atoms with van der Waals surface area (Å²) in [5.41, 5.74) is 3.09. The fourth-order valence-electron chi connectivity index (χ4n) is 3.38. The van der Waals surface area contributed by atoms with Crippen LogP contribution in [0, 0.1) is 16.0 Å². The molecule has 0 radical (unpaired) electrons. The number of benzene rings is 2. The highest BCUT2D eigenvalue weighted by Gasteiger charge is 2.22. The van der Waals surface area contributed by atoms with Gasteiger partial charge in [-0.1, -0.05) is 73.4 Å². The van der Waals surface area contributed by atoms with Gasteiger partial charge in [0.05, 0.1) is 31.9 Å². The molecule has 2 aromatic carbocycles. The fraction of sp³-hybridized carbons (Fsp3) is 0.167. The van der Waals surface area contributed by atoms with Gasteiger partial charge in [0.2, 0.25) is 5.82 Å². The average molecular weight is 482 g/mol. The van der Waals surface area contributed by atoms with Gasteiger partial charge in [0.15, 0.2) is 0 Å². The van der Waals surface area contributed by atoms with Crippen LogP contribution in [0.25, 0.3) is 34.0 Å². The largest absolute Gasteiger partial charge is 0.364 e. The van der Waals surface area contributed by atoms with Crippen molar-refractivity contribution >= 4 is 34.7 Å². The normalized spacial score (nSPS) is 11.1. The molecule has 2 N–H and O–H groups in total. The Labute approximate surface area is 201 Å². The predicted octanol–water partition coefficient (Wildman–Crippen LogP) is 7.09. The zero-order valence-corrected chi connectivity index (χ0v) is 19.5. The van der Waals surface area contributed by atoms with Gasteiger partial charge in [-0.15, -0.1) is 0 Å².